The minimum absolute atomic E-state index is 0.215. The van der Waals surface area contributed by atoms with Crippen molar-refractivity contribution in [3.8, 4) is 0 Å². The zero-order valence-corrected chi connectivity index (χ0v) is 27.1. The summed E-state index contributed by atoms with van der Waals surface area (Å²) in [6, 6.07) is 13.1. The van der Waals surface area contributed by atoms with Crippen LogP contribution in [0, 0.1) is 35.5 Å². The van der Waals surface area contributed by atoms with Crippen LogP contribution in [-0.2, 0) is 23.1 Å². The fraction of sp³-hybridized carbons (Fsp3) is 0.600. The van der Waals surface area contributed by atoms with Crippen molar-refractivity contribution in [3.05, 3.63) is 72.1 Å². The van der Waals surface area contributed by atoms with Gasteiger partial charge in [0.05, 0.1) is 12.2 Å². The van der Waals surface area contributed by atoms with E-state index in [1.54, 1.807) is 30.6 Å². The maximum Gasteiger partial charge on any atom is 0.376 e. The lowest BCUT2D eigenvalue weighted by atomic mass is 9.76. The highest BCUT2D eigenvalue weighted by molar-refractivity contribution is 7.54. The number of rotatable bonds is 11. The monoisotopic (exact) mass is 595 g/mol. The number of benzene rings is 1. The van der Waals surface area contributed by atoms with Crippen LogP contribution >= 0.6 is 7.60 Å². The zero-order valence-electron chi connectivity index (χ0n) is 26.2. The van der Waals surface area contributed by atoms with Crippen molar-refractivity contribution in [1.29, 1.82) is 0 Å². The van der Waals surface area contributed by atoms with Crippen molar-refractivity contribution in [2.75, 3.05) is 0 Å². The molecule has 1 aromatic heterocycles. The van der Waals surface area contributed by atoms with Crippen LogP contribution in [0.25, 0.3) is 6.08 Å². The van der Waals surface area contributed by atoms with Gasteiger partial charge in [-0.1, -0.05) is 77.9 Å². The molecule has 1 heterocycles. The zero-order chi connectivity index (χ0) is 30.3. The van der Waals surface area contributed by atoms with Crippen LogP contribution in [0.15, 0.2) is 60.9 Å². The lowest BCUT2D eigenvalue weighted by Crippen LogP contribution is -2.35. The molecule has 6 nitrogen and oxygen atoms in total. The Balaban J connectivity index is 1.69. The Labute approximate surface area is 253 Å². The average Bonchev–Trinajstić information content (AvgIpc) is 2.98. The molecule has 0 unspecified atom stereocenters. The van der Waals surface area contributed by atoms with E-state index in [0.717, 1.165) is 44.1 Å². The van der Waals surface area contributed by atoms with Crippen molar-refractivity contribution >= 4 is 19.6 Å². The van der Waals surface area contributed by atoms with Gasteiger partial charge in [-0.2, -0.15) is 0 Å². The number of carbonyl (C=O) groups excluding carboxylic acids is 1. The fourth-order valence-electron chi connectivity index (χ4n) is 6.36. The number of pyridine rings is 1. The molecule has 42 heavy (non-hydrogen) atoms. The fourth-order valence-corrected chi connectivity index (χ4v) is 8.72. The highest BCUT2D eigenvalue weighted by atomic mass is 31.2. The van der Waals surface area contributed by atoms with Gasteiger partial charge in [0.2, 0.25) is 5.85 Å². The summed E-state index contributed by atoms with van der Waals surface area (Å²) in [6.07, 6.45) is 11.7. The van der Waals surface area contributed by atoms with E-state index in [1.165, 1.54) is 6.08 Å². The molecule has 230 valence electrons. The maximum atomic E-state index is 15.3. The minimum atomic E-state index is -4.04. The Bertz CT molecular complexity index is 1160. The molecule has 7 heteroatoms. The van der Waals surface area contributed by atoms with E-state index >= 15 is 4.57 Å². The van der Waals surface area contributed by atoms with Gasteiger partial charge >= 0.3 is 13.6 Å². The predicted octanol–water partition coefficient (Wildman–Crippen LogP) is 9.48. The molecule has 0 saturated heterocycles. The second kappa shape index (κ2) is 14.9. The van der Waals surface area contributed by atoms with Crippen molar-refractivity contribution in [1.82, 2.24) is 4.98 Å². The van der Waals surface area contributed by atoms with Gasteiger partial charge in [-0.25, -0.2) is 4.79 Å². The largest absolute Gasteiger partial charge is 0.441 e. The first kappa shape index (κ1) is 32.6. The topological polar surface area (TPSA) is 74.7 Å². The molecule has 2 saturated carbocycles. The normalized spacial score (nSPS) is 27.8. The smallest absolute Gasteiger partial charge is 0.376 e. The summed E-state index contributed by atoms with van der Waals surface area (Å²) in [5, 5.41) is 0. The summed E-state index contributed by atoms with van der Waals surface area (Å²) in [6.45, 7) is 13.3. The molecule has 2 aromatic rings. The Morgan fingerprint density at radius 2 is 1.43 bits per heavy atom. The molecule has 4 rings (SSSR count). The Hall–Kier alpha value is -2.27. The molecule has 2 fully saturated rings. The first-order valence-corrected chi connectivity index (χ1v) is 17.5. The van der Waals surface area contributed by atoms with Gasteiger partial charge in [-0.3, -0.25) is 9.55 Å². The van der Waals surface area contributed by atoms with Gasteiger partial charge < -0.3 is 13.8 Å². The van der Waals surface area contributed by atoms with Crippen LogP contribution in [-0.4, -0.2) is 23.2 Å². The molecule has 7 atom stereocenters. The lowest BCUT2D eigenvalue weighted by molar-refractivity contribution is -0.141. The van der Waals surface area contributed by atoms with Gasteiger partial charge in [0, 0.05) is 24.0 Å². The molecule has 0 bridgehead atoms. The van der Waals surface area contributed by atoms with Gasteiger partial charge in [-0.15, -0.1) is 0 Å². The highest BCUT2D eigenvalue weighted by Crippen LogP contribution is 2.65. The molecular formula is C35H50NO5P. The van der Waals surface area contributed by atoms with Crippen LogP contribution in [0.5, 0.6) is 0 Å². The highest BCUT2D eigenvalue weighted by Gasteiger charge is 2.48. The standard InChI is InChI=1S/C35H50NO5P/c1-24(2)29-17-14-26(5)32(21-29)40-42(38,41-33-22-30(25(3)4)18-15-27(33)6)35(31-13-10-20-36-23-31)39-34(37)19-16-28-11-8-7-9-12-28/h7-13,16,19-20,23-27,29-30,32-33,35H,14-15,17-18,21-22H2,1-6H3/b19-16+/t26-,27-,29+,30+,32+,33+,35-/m0/s1. The number of nitrogens with zero attached hydrogens (tertiary/aromatic N) is 1. The van der Waals surface area contributed by atoms with Crippen LogP contribution in [0.4, 0.5) is 0 Å². The molecule has 0 spiro atoms. The summed E-state index contributed by atoms with van der Waals surface area (Å²) in [4.78, 5) is 17.6. The van der Waals surface area contributed by atoms with Crippen LogP contribution in [0.3, 0.4) is 0 Å². The van der Waals surface area contributed by atoms with E-state index in [-0.39, 0.29) is 24.0 Å². The number of ether oxygens (including phenoxy) is 1. The van der Waals surface area contributed by atoms with Crippen molar-refractivity contribution in [2.24, 2.45) is 35.5 Å². The molecular weight excluding hydrogens is 545 g/mol. The first-order valence-electron chi connectivity index (χ1n) is 15.9. The SMILES string of the molecule is CC(C)[C@@H]1CC[C@H](C)[C@H](OP(=O)(O[C@@H]2C[C@H](C(C)C)CC[C@@H]2C)[C@H](OC(=O)/C=C/c2ccccc2)c2cccnc2)C1. The second-order valence-corrected chi connectivity index (χ2v) is 15.2. The van der Waals surface area contributed by atoms with E-state index in [0.29, 0.717) is 29.2 Å². The molecule has 2 aliphatic carbocycles. The third-order valence-electron chi connectivity index (χ3n) is 9.47. The number of aromatic nitrogens is 1. The van der Waals surface area contributed by atoms with Crippen LogP contribution in [0.2, 0.25) is 0 Å². The van der Waals surface area contributed by atoms with Crippen molar-refractivity contribution in [2.45, 2.75) is 98.1 Å². The number of hydrogen-bond donors (Lipinski definition) is 0. The lowest BCUT2D eigenvalue weighted by Gasteiger charge is -2.42. The summed E-state index contributed by atoms with van der Waals surface area (Å²) < 4.78 is 34.8. The van der Waals surface area contributed by atoms with Gasteiger partial charge in [0.1, 0.15) is 0 Å². The molecule has 2 aliphatic rings. The van der Waals surface area contributed by atoms with Crippen molar-refractivity contribution in [3.63, 3.8) is 0 Å². The third-order valence-corrected chi connectivity index (χ3v) is 11.6. The van der Waals surface area contributed by atoms with E-state index < -0.39 is 19.4 Å². The molecule has 0 aliphatic heterocycles. The number of esters is 1. The van der Waals surface area contributed by atoms with Crippen LogP contribution in [0.1, 0.15) is 97.0 Å². The second-order valence-electron chi connectivity index (χ2n) is 13.2. The van der Waals surface area contributed by atoms with E-state index in [1.807, 2.05) is 30.3 Å². The minimum Gasteiger partial charge on any atom is -0.441 e. The van der Waals surface area contributed by atoms with Gasteiger partial charge in [0.15, 0.2) is 0 Å². The van der Waals surface area contributed by atoms with E-state index in [4.69, 9.17) is 13.8 Å². The average molecular weight is 596 g/mol. The third kappa shape index (κ3) is 8.65. The van der Waals surface area contributed by atoms with E-state index in [2.05, 4.69) is 46.5 Å². The summed E-state index contributed by atoms with van der Waals surface area (Å²) in [5.74, 6) is 0.567. The molecule has 0 radical (unpaired) electrons. The molecule has 0 N–H and O–H groups in total. The maximum absolute atomic E-state index is 15.3. The molecule has 1 aromatic carbocycles. The molecule has 0 amide bonds. The Kier molecular flexibility index (Phi) is 11.6. The van der Waals surface area contributed by atoms with Crippen molar-refractivity contribution < 1.29 is 23.1 Å². The first-order chi connectivity index (χ1) is 20.1. The predicted molar refractivity (Wildman–Crippen MR) is 169 cm³/mol. The summed E-state index contributed by atoms with van der Waals surface area (Å²) in [5.41, 5.74) is 1.38. The van der Waals surface area contributed by atoms with Gasteiger partial charge in [0.25, 0.3) is 0 Å². The van der Waals surface area contributed by atoms with Gasteiger partial charge in [-0.05, 0) is 91.7 Å². The Morgan fingerprint density at radius 3 is 1.93 bits per heavy atom. The van der Waals surface area contributed by atoms with E-state index in [9.17, 15) is 4.79 Å². The Morgan fingerprint density at radius 1 is 0.857 bits per heavy atom. The number of hydrogen-bond acceptors (Lipinski definition) is 6. The quantitative estimate of drug-likeness (QED) is 0.146. The summed E-state index contributed by atoms with van der Waals surface area (Å²) in [7, 11) is -4.04. The number of carbonyl (C=O) groups is 1. The van der Waals surface area contributed by atoms with Crippen LogP contribution < -0.4 is 0 Å². The summed E-state index contributed by atoms with van der Waals surface area (Å²) >= 11 is 0.